The first-order valence-corrected chi connectivity index (χ1v) is 34.3. The molecule has 0 aliphatic carbocycles. The summed E-state index contributed by atoms with van der Waals surface area (Å²) in [7, 11) is 0. The Labute approximate surface area is 594 Å². The molecule has 0 unspecified atom stereocenters. The number of aromatic nitrogens is 6. The van der Waals surface area contributed by atoms with E-state index in [1.54, 1.807) is 0 Å². The van der Waals surface area contributed by atoms with Crippen LogP contribution in [0.25, 0.3) is 179 Å². The molecular formula is C96H64N6. The van der Waals surface area contributed by atoms with Crippen molar-refractivity contribution in [3.63, 3.8) is 0 Å². The predicted octanol–water partition coefficient (Wildman–Crippen LogP) is 24.7. The second kappa shape index (κ2) is 28.0. The fourth-order valence-electron chi connectivity index (χ4n) is 14.1. The Balaban J connectivity index is 0.890. The van der Waals surface area contributed by atoms with Crippen molar-refractivity contribution in [1.29, 1.82) is 0 Å². The number of rotatable bonds is 16. The van der Waals surface area contributed by atoms with E-state index < -0.39 is 0 Å². The summed E-state index contributed by atoms with van der Waals surface area (Å²) in [5, 5.41) is 0. The van der Waals surface area contributed by atoms with E-state index in [0.717, 1.165) is 173 Å². The van der Waals surface area contributed by atoms with Gasteiger partial charge in [0, 0.05) is 76.1 Å². The Morgan fingerprint density at radius 1 is 0.137 bits per heavy atom. The standard InChI is InChI=1S/C96H64N6/c1-2-21-73(22-3-1)96-101-63-80(64-102-96)95-89(78-59-74(85-27-8-4-23-81(85)65-37-45-69(46-38-65)91-33-12-16-53-97-91)57-75(60-78)86-28-9-5-24-82(86)66-39-47-70(48-40-66)92-34-13-17-54-98-92)31-20-32-90(95)79-61-76(87-29-10-6-25-83(87)67-41-49-71(50-42-67)93-35-14-18-55-99-93)58-77(62-79)88-30-11-7-26-84(88)68-43-51-72(52-44-68)94-36-15-19-56-100-94/h1-64H. The summed E-state index contributed by atoms with van der Waals surface area (Å²) in [5.41, 5.74) is 32.4. The van der Waals surface area contributed by atoms with E-state index in [1.165, 1.54) is 0 Å². The quantitative estimate of drug-likeness (QED) is 0.0959. The summed E-state index contributed by atoms with van der Waals surface area (Å²) < 4.78 is 0. The molecule has 0 radical (unpaired) electrons. The lowest BCUT2D eigenvalue weighted by atomic mass is 9.83. The van der Waals surface area contributed by atoms with Crippen LogP contribution in [0.1, 0.15) is 0 Å². The van der Waals surface area contributed by atoms with Gasteiger partial charge < -0.3 is 0 Å². The highest BCUT2D eigenvalue weighted by Gasteiger charge is 2.23. The maximum absolute atomic E-state index is 5.21. The maximum Gasteiger partial charge on any atom is 0.159 e. The van der Waals surface area contributed by atoms with Gasteiger partial charge in [-0.05, 0) is 196 Å². The maximum atomic E-state index is 5.21. The minimum absolute atomic E-state index is 0.649. The summed E-state index contributed by atoms with van der Waals surface area (Å²) in [6, 6.07) is 126. The molecule has 102 heavy (non-hydrogen) atoms. The monoisotopic (exact) mass is 1300 g/mol. The fraction of sp³-hybridized carbons (Fsp3) is 0. The van der Waals surface area contributed by atoms with Gasteiger partial charge >= 0.3 is 0 Å². The van der Waals surface area contributed by atoms with Gasteiger partial charge in [-0.2, -0.15) is 0 Å². The zero-order chi connectivity index (χ0) is 68.0. The second-order valence-electron chi connectivity index (χ2n) is 25.3. The third-order valence-electron chi connectivity index (χ3n) is 19.1. The summed E-state index contributed by atoms with van der Waals surface area (Å²) in [6.07, 6.45) is 11.4. The van der Waals surface area contributed by atoms with Crippen LogP contribution in [0.15, 0.2) is 389 Å². The summed E-state index contributed by atoms with van der Waals surface area (Å²) in [6.45, 7) is 0. The lowest BCUT2D eigenvalue weighted by molar-refractivity contribution is 1.18. The highest BCUT2D eigenvalue weighted by molar-refractivity contribution is 6.01. The number of hydrogen-bond acceptors (Lipinski definition) is 6. The van der Waals surface area contributed by atoms with Crippen molar-refractivity contribution in [3.8, 4) is 179 Å². The fourth-order valence-corrected chi connectivity index (χ4v) is 14.1. The third kappa shape index (κ3) is 12.7. The van der Waals surface area contributed by atoms with Crippen molar-refractivity contribution >= 4 is 0 Å². The van der Waals surface area contributed by atoms with Crippen LogP contribution < -0.4 is 0 Å². The number of hydrogen-bond donors (Lipinski definition) is 0. The van der Waals surface area contributed by atoms with Gasteiger partial charge in [-0.25, -0.2) is 9.97 Å². The van der Waals surface area contributed by atoms with Gasteiger partial charge in [0.15, 0.2) is 5.82 Å². The Hall–Kier alpha value is -13.7. The first kappa shape index (κ1) is 61.9. The largest absolute Gasteiger partial charge is 0.256 e. The van der Waals surface area contributed by atoms with Crippen LogP contribution in [-0.2, 0) is 0 Å². The molecule has 0 atom stereocenters. The van der Waals surface area contributed by atoms with Crippen LogP contribution in [0.4, 0.5) is 0 Å². The lowest BCUT2D eigenvalue weighted by Gasteiger charge is -2.21. The molecule has 6 nitrogen and oxygen atoms in total. The molecule has 6 heteroatoms. The Kier molecular flexibility index (Phi) is 17.0. The Morgan fingerprint density at radius 2 is 0.363 bits per heavy atom. The molecule has 0 saturated carbocycles. The van der Waals surface area contributed by atoms with Gasteiger partial charge in [-0.3, -0.25) is 19.9 Å². The van der Waals surface area contributed by atoms with E-state index >= 15 is 0 Å². The van der Waals surface area contributed by atoms with Crippen LogP contribution in [0.5, 0.6) is 0 Å². The van der Waals surface area contributed by atoms with Crippen molar-refractivity contribution < 1.29 is 0 Å². The SMILES string of the molecule is c1ccc(-c2ncc(-c3c(-c4cc(-c5ccccc5-c5ccc(-c6ccccn6)cc5)cc(-c5ccccc5-c5ccc(-c6ccccn6)cc5)c4)cccc3-c3cc(-c4ccccc4-c4ccc(-c5ccccn5)cc4)cc(-c4ccccc4-c4ccc(-c5ccccn5)cc4)c3)cn2)cc1. The molecule has 0 aliphatic rings. The predicted molar refractivity (Wildman–Crippen MR) is 420 cm³/mol. The van der Waals surface area contributed by atoms with Crippen LogP contribution in [-0.4, -0.2) is 29.9 Å². The van der Waals surface area contributed by atoms with Gasteiger partial charge in [-0.15, -0.1) is 0 Å². The molecular weight excluding hydrogens is 1240 g/mol. The second-order valence-corrected chi connectivity index (χ2v) is 25.3. The topological polar surface area (TPSA) is 77.3 Å². The molecule has 0 aliphatic heterocycles. The van der Waals surface area contributed by atoms with Crippen LogP contribution in [0.3, 0.4) is 0 Å². The Morgan fingerprint density at radius 3 is 0.627 bits per heavy atom. The van der Waals surface area contributed by atoms with Crippen molar-refractivity contribution in [2.75, 3.05) is 0 Å². The van der Waals surface area contributed by atoms with E-state index in [2.05, 4.69) is 305 Å². The minimum atomic E-state index is 0.649. The lowest BCUT2D eigenvalue weighted by Crippen LogP contribution is -1.96. The number of nitrogens with zero attached hydrogens (tertiary/aromatic N) is 6. The molecule has 478 valence electrons. The molecule has 0 bridgehead atoms. The summed E-state index contributed by atoms with van der Waals surface area (Å²) >= 11 is 0. The molecule has 0 fully saturated rings. The smallest absolute Gasteiger partial charge is 0.159 e. The number of benzene rings is 12. The first-order valence-electron chi connectivity index (χ1n) is 34.3. The van der Waals surface area contributed by atoms with Crippen molar-refractivity contribution in [3.05, 3.63) is 389 Å². The van der Waals surface area contributed by atoms with E-state index in [1.807, 2.05) is 104 Å². The van der Waals surface area contributed by atoms with Crippen molar-refractivity contribution in [1.82, 2.24) is 29.9 Å². The van der Waals surface area contributed by atoms with E-state index in [9.17, 15) is 0 Å². The van der Waals surface area contributed by atoms with Gasteiger partial charge in [0.25, 0.3) is 0 Å². The van der Waals surface area contributed by atoms with E-state index in [0.29, 0.717) is 5.82 Å². The summed E-state index contributed by atoms with van der Waals surface area (Å²) in [5.74, 6) is 0.649. The van der Waals surface area contributed by atoms with Crippen LogP contribution in [0, 0.1) is 0 Å². The normalized spacial score (nSPS) is 11.1. The zero-order valence-electron chi connectivity index (χ0n) is 55.6. The van der Waals surface area contributed by atoms with E-state index in [4.69, 9.17) is 9.97 Å². The van der Waals surface area contributed by atoms with Crippen LogP contribution in [0.2, 0.25) is 0 Å². The third-order valence-corrected chi connectivity index (χ3v) is 19.1. The molecule has 0 amide bonds. The molecule has 0 saturated heterocycles. The zero-order valence-corrected chi connectivity index (χ0v) is 55.6. The molecule has 5 aromatic heterocycles. The van der Waals surface area contributed by atoms with Gasteiger partial charge in [0.1, 0.15) is 0 Å². The molecule has 0 N–H and O–H groups in total. The van der Waals surface area contributed by atoms with Crippen molar-refractivity contribution in [2.24, 2.45) is 0 Å². The van der Waals surface area contributed by atoms with Gasteiger partial charge in [0.05, 0.1) is 22.8 Å². The first-order chi connectivity index (χ1) is 50.6. The Bertz CT molecular complexity index is 5190. The van der Waals surface area contributed by atoms with Crippen molar-refractivity contribution in [2.45, 2.75) is 0 Å². The van der Waals surface area contributed by atoms with Gasteiger partial charge in [0.2, 0.25) is 0 Å². The summed E-state index contributed by atoms with van der Waals surface area (Å²) in [4.78, 5) is 29.2. The average molecular weight is 1300 g/mol. The van der Waals surface area contributed by atoms with Crippen LogP contribution >= 0.6 is 0 Å². The average Bonchev–Trinajstić information content (AvgIpc) is 0.749. The molecule has 0 spiro atoms. The van der Waals surface area contributed by atoms with Gasteiger partial charge in [-0.1, -0.05) is 267 Å². The number of pyridine rings is 4. The highest BCUT2D eigenvalue weighted by Crippen LogP contribution is 2.48. The molecule has 17 rings (SSSR count). The highest BCUT2D eigenvalue weighted by atomic mass is 14.9. The molecule has 12 aromatic carbocycles. The molecule has 5 heterocycles. The molecule has 17 aromatic rings. The van der Waals surface area contributed by atoms with E-state index in [-0.39, 0.29) is 0 Å². The minimum Gasteiger partial charge on any atom is -0.256 e.